The molecule has 2 aliphatic heterocycles. The highest BCUT2D eigenvalue weighted by Gasteiger charge is 2.44. The van der Waals surface area contributed by atoms with Gasteiger partial charge in [0, 0.05) is 36.2 Å². The van der Waals surface area contributed by atoms with E-state index in [0.29, 0.717) is 11.4 Å². The Labute approximate surface area is 167 Å². The fraction of sp³-hybridized carbons (Fsp3) is 0.565. The second-order valence-electron chi connectivity index (χ2n) is 8.83. The molecule has 148 valence electrons. The Kier molecular flexibility index (Phi) is 4.50. The number of fused-ring (bicyclic) bond motifs is 4. The maximum Gasteiger partial charge on any atom is 0.222 e. The fourth-order valence-electron chi connectivity index (χ4n) is 5.81. The number of nitrogens with zero attached hydrogens (tertiary/aromatic N) is 3. The number of piperidine rings is 2. The van der Waals surface area contributed by atoms with Crippen LogP contribution in [0.3, 0.4) is 0 Å². The predicted molar refractivity (Wildman–Crippen MR) is 114 cm³/mol. The van der Waals surface area contributed by atoms with Crippen molar-refractivity contribution < 1.29 is 0 Å². The lowest BCUT2D eigenvalue weighted by Crippen LogP contribution is -2.57. The van der Waals surface area contributed by atoms with Gasteiger partial charge in [-0.1, -0.05) is 31.2 Å². The van der Waals surface area contributed by atoms with Gasteiger partial charge in [-0.25, -0.2) is 4.98 Å². The molecule has 5 nitrogen and oxygen atoms in total. The van der Waals surface area contributed by atoms with E-state index < -0.39 is 0 Å². The smallest absolute Gasteiger partial charge is 0.222 e. The van der Waals surface area contributed by atoms with Crippen molar-refractivity contribution in [2.45, 2.75) is 45.4 Å². The molecule has 2 unspecified atom stereocenters. The molecule has 3 N–H and O–H groups in total. The van der Waals surface area contributed by atoms with Crippen LogP contribution in [-0.2, 0) is 12.8 Å². The quantitative estimate of drug-likeness (QED) is 0.839. The number of anilines is 2. The van der Waals surface area contributed by atoms with Crippen molar-refractivity contribution in [2.75, 3.05) is 36.8 Å². The summed E-state index contributed by atoms with van der Waals surface area (Å²) >= 11 is 0. The molecule has 1 aliphatic carbocycles. The highest BCUT2D eigenvalue weighted by molar-refractivity contribution is 5.74. The van der Waals surface area contributed by atoms with Crippen LogP contribution in [0, 0.1) is 11.3 Å². The standard InChI is InChI=1S/C23H31N5/c1-2-23-14-25-12-10-17(23)11-13-28(15-23)21-19-9-5-7-16-6-3-4-8-18(16)20(19)26-22(24)27-21/h3-4,6,8,17,25H,2,5,7,9-15H2,1H3,(H2,24,26,27). The Balaban J connectivity index is 1.58. The molecule has 0 spiro atoms. The monoisotopic (exact) mass is 377 g/mol. The van der Waals surface area contributed by atoms with Crippen molar-refractivity contribution in [2.24, 2.45) is 11.3 Å². The maximum absolute atomic E-state index is 6.23. The van der Waals surface area contributed by atoms with Gasteiger partial charge >= 0.3 is 0 Å². The molecule has 0 amide bonds. The number of rotatable bonds is 2. The first-order valence-electron chi connectivity index (χ1n) is 10.9. The number of nitrogens with one attached hydrogen (secondary N) is 1. The van der Waals surface area contributed by atoms with Crippen LogP contribution in [0.2, 0.25) is 0 Å². The van der Waals surface area contributed by atoms with Gasteiger partial charge in [0.25, 0.3) is 0 Å². The van der Waals surface area contributed by atoms with E-state index in [1.54, 1.807) is 0 Å². The SMILES string of the molecule is CCC12CNCCC1CCN(c1nc(N)nc3c1CCCc1ccccc1-3)C2. The third kappa shape index (κ3) is 2.87. The van der Waals surface area contributed by atoms with Crippen LogP contribution in [0.25, 0.3) is 11.3 Å². The average molecular weight is 378 g/mol. The molecule has 1 aromatic carbocycles. The summed E-state index contributed by atoms with van der Waals surface area (Å²) in [6, 6.07) is 8.66. The highest BCUT2D eigenvalue weighted by atomic mass is 15.2. The Morgan fingerprint density at radius 1 is 1.21 bits per heavy atom. The number of nitrogen functional groups attached to an aromatic ring is 1. The lowest BCUT2D eigenvalue weighted by molar-refractivity contribution is 0.0842. The largest absolute Gasteiger partial charge is 0.368 e. The van der Waals surface area contributed by atoms with Gasteiger partial charge in [-0.2, -0.15) is 4.98 Å². The van der Waals surface area contributed by atoms with Gasteiger partial charge < -0.3 is 16.0 Å². The van der Waals surface area contributed by atoms with Gasteiger partial charge in [0.1, 0.15) is 5.82 Å². The molecule has 3 heterocycles. The van der Waals surface area contributed by atoms with Gasteiger partial charge in [-0.05, 0) is 56.6 Å². The number of benzene rings is 1. The summed E-state index contributed by atoms with van der Waals surface area (Å²) < 4.78 is 0. The van der Waals surface area contributed by atoms with Crippen LogP contribution in [0.4, 0.5) is 11.8 Å². The predicted octanol–water partition coefficient (Wildman–Crippen LogP) is 3.43. The molecule has 5 heteroatoms. The lowest BCUT2D eigenvalue weighted by atomic mass is 9.66. The zero-order valence-corrected chi connectivity index (χ0v) is 16.9. The number of nitrogens with two attached hydrogens (primary N) is 1. The second-order valence-corrected chi connectivity index (χ2v) is 8.83. The molecule has 2 saturated heterocycles. The van der Waals surface area contributed by atoms with Crippen LogP contribution in [0.5, 0.6) is 0 Å². The van der Waals surface area contributed by atoms with E-state index in [1.807, 2.05) is 0 Å². The van der Waals surface area contributed by atoms with E-state index in [0.717, 1.165) is 56.3 Å². The molecule has 2 fully saturated rings. The molecule has 28 heavy (non-hydrogen) atoms. The summed E-state index contributed by atoms with van der Waals surface area (Å²) in [7, 11) is 0. The molecule has 0 bridgehead atoms. The Hall–Kier alpha value is -2.14. The van der Waals surface area contributed by atoms with E-state index in [1.165, 1.54) is 42.5 Å². The number of aromatic nitrogens is 2. The minimum Gasteiger partial charge on any atom is -0.368 e. The molecular weight excluding hydrogens is 346 g/mol. The normalized spacial score (nSPS) is 26.8. The maximum atomic E-state index is 6.23. The Morgan fingerprint density at radius 3 is 3.00 bits per heavy atom. The molecular formula is C23H31N5. The van der Waals surface area contributed by atoms with Crippen molar-refractivity contribution in [3.8, 4) is 11.3 Å². The summed E-state index contributed by atoms with van der Waals surface area (Å²) in [6.45, 7) is 6.80. The fourth-order valence-corrected chi connectivity index (χ4v) is 5.81. The molecule has 0 saturated carbocycles. The first-order chi connectivity index (χ1) is 13.7. The summed E-state index contributed by atoms with van der Waals surface area (Å²) in [5.41, 5.74) is 11.6. The van der Waals surface area contributed by atoms with Crippen LogP contribution in [0.1, 0.15) is 43.7 Å². The summed E-state index contributed by atoms with van der Waals surface area (Å²) in [6.07, 6.45) is 7.03. The highest BCUT2D eigenvalue weighted by Crippen LogP contribution is 2.44. The Morgan fingerprint density at radius 2 is 2.11 bits per heavy atom. The first-order valence-corrected chi connectivity index (χ1v) is 10.9. The van der Waals surface area contributed by atoms with Crippen molar-refractivity contribution in [3.63, 3.8) is 0 Å². The molecule has 2 aromatic rings. The van der Waals surface area contributed by atoms with E-state index in [4.69, 9.17) is 15.7 Å². The molecule has 5 rings (SSSR count). The summed E-state index contributed by atoms with van der Waals surface area (Å²) in [5, 5.41) is 3.66. The number of aryl methyl sites for hydroxylation is 1. The Bertz CT molecular complexity index is 879. The zero-order valence-electron chi connectivity index (χ0n) is 16.9. The number of hydrogen-bond acceptors (Lipinski definition) is 5. The van der Waals surface area contributed by atoms with Crippen LogP contribution >= 0.6 is 0 Å². The molecule has 2 atom stereocenters. The van der Waals surface area contributed by atoms with Crippen LogP contribution in [-0.4, -0.2) is 36.1 Å². The minimum absolute atomic E-state index is 0.353. The first kappa shape index (κ1) is 17.9. The van der Waals surface area contributed by atoms with Crippen molar-refractivity contribution in [1.29, 1.82) is 0 Å². The average Bonchev–Trinajstić information content (AvgIpc) is 2.92. The second kappa shape index (κ2) is 7.03. The van der Waals surface area contributed by atoms with Crippen molar-refractivity contribution >= 4 is 11.8 Å². The van der Waals surface area contributed by atoms with E-state index >= 15 is 0 Å². The zero-order chi connectivity index (χ0) is 19.1. The third-order valence-corrected chi connectivity index (χ3v) is 7.42. The number of hydrogen-bond donors (Lipinski definition) is 2. The third-order valence-electron chi connectivity index (χ3n) is 7.42. The van der Waals surface area contributed by atoms with Gasteiger partial charge in [-0.3, -0.25) is 0 Å². The molecule has 1 aromatic heterocycles. The van der Waals surface area contributed by atoms with Gasteiger partial charge in [0.05, 0.1) is 5.69 Å². The lowest BCUT2D eigenvalue weighted by Gasteiger charge is -2.51. The topological polar surface area (TPSA) is 67.1 Å². The van der Waals surface area contributed by atoms with Gasteiger partial charge in [0.15, 0.2) is 0 Å². The van der Waals surface area contributed by atoms with Gasteiger partial charge in [-0.15, -0.1) is 0 Å². The van der Waals surface area contributed by atoms with Crippen molar-refractivity contribution in [3.05, 3.63) is 35.4 Å². The summed E-state index contributed by atoms with van der Waals surface area (Å²) in [5.74, 6) is 2.32. The van der Waals surface area contributed by atoms with Gasteiger partial charge in [0.2, 0.25) is 5.95 Å². The summed E-state index contributed by atoms with van der Waals surface area (Å²) in [4.78, 5) is 12.0. The van der Waals surface area contributed by atoms with Crippen LogP contribution < -0.4 is 16.0 Å². The van der Waals surface area contributed by atoms with E-state index in [-0.39, 0.29) is 0 Å². The van der Waals surface area contributed by atoms with E-state index in [9.17, 15) is 0 Å². The molecule has 0 radical (unpaired) electrons. The molecule has 3 aliphatic rings. The van der Waals surface area contributed by atoms with Crippen molar-refractivity contribution in [1.82, 2.24) is 15.3 Å². The minimum atomic E-state index is 0.353. The van der Waals surface area contributed by atoms with Crippen LogP contribution in [0.15, 0.2) is 24.3 Å². The van der Waals surface area contributed by atoms with E-state index in [2.05, 4.69) is 41.4 Å².